The predicted molar refractivity (Wildman–Crippen MR) is 163 cm³/mol. The minimum Gasteiger partial charge on any atom is -0.488 e. The first-order valence-electron chi connectivity index (χ1n) is 12.6. The summed E-state index contributed by atoms with van der Waals surface area (Å²) in [5.41, 5.74) is 3.66. The molecule has 13 heteroatoms. The van der Waals surface area contributed by atoms with E-state index >= 15 is 0 Å². The first kappa shape index (κ1) is 29.0. The van der Waals surface area contributed by atoms with E-state index in [1.807, 2.05) is 35.7 Å². The lowest BCUT2D eigenvalue weighted by molar-refractivity contribution is 0.303. The van der Waals surface area contributed by atoms with E-state index in [2.05, 4.69) is 41.5 Å². The Hall–Kier alpha value is -3.52. The quantitative estimate of drug-likeness (QED) is 0.167. The van der Waals surface area contributed by atoms with Crippen LogP contribution < -0.4 is 15.4 Å². The highest BCUT2D eigenvalue weighted by molar-refractivity contribution is 9.10. The minimum atomic E-state index is -2.98. The summed E-state index contributed by atoms with van der Waals surface area (Å²) in [5, 5.41) is 10.2. The van der Waals surface area contributed by atoms with E-state index < -0.39 is 9.84 Å². The van der Waals surface area contributed by atoms with E-state index in [-0.39, 0.29) is 18.2 Å². The second-order valence-electron chi connectivity index (χ2n) is 9.25. The number of halogens is 2. The van der Waals surface area contributed by atoms with E-state index in [1.165, 1.54) is 36.1 Å². The lowest BCUT2D eigenvalue weighted by atomic mass is 10.2. The number of anilines is 2. The Morgan fingerprint density at radius 3 is 2.73 bits per heavy atom. The van der Waals surface area contributed by atoms with Gasteiger partial charge in [0.1, 0.15) is 40.2 Å². The van der Waals surface area contributed by atoms with Crippen LogP contribution in [-0.2, 0) is 22.9 Å². The van der Waals surface area contributed by atoms with Gasteiger partial charge >= 0.3 is 0 Å². The molecule has 0 saturated heterocycles. The number of pyridine rings is 1. The Balaban J connectivity index is 1.26. The van der Waals surface area contributed by atoms with E-state index in [9.17, 15) is 12.8 Å². The van der Waals surface area contributed by atoms with Gasteiger partial charge in [-0.3, -0.25) is 4.98 Å². The Bertz CT molecular complexity index is 1780. The summed E-state index contributed by atoms with van der Waals surface area (Å²) < 4.78 is 42.6. The number of ether oxygens (including phenoxy) is 1. The summed E-state index contributed by atoms with van der Waals surface area (Å²) in [5.74, 6) is 1.06. The highest BCUT2D eigenvalue weighted by Crippen LogP contribution is 2.32. The van der Waals surface area contributed by atoms with Crippen molar-refractivity contribution in [2.75, 3.05) is 30.4 Å². The molecule has 41 heavy (non-hydrogen) atoms. The Morgan fingerprint density at radius 1 is 1.05 bits per heavy atom. The maximum absolute atomic E-state index is 13.5. The topological polar surface area (TPSA) is 119 Å². The molecule has 0 saturated carbocycles. The van der Waals surface area contributed by atoms with Crippen LogP contribution in [0.4, 0.5) is 15.9 Å². The predicted octanol–water partition coefficient (Wildman–Crippen LogP) is 5.55. The van der Waals surface area contributed by atoms with Crippen LogP contribution >= 0.6 is 27.3 Å². The zero-order valence-electron chi connectivity index (χ0n) is 22.0. The molecule has 0 fully saturated rings. The van der Waals surface area contributed by atoms with Crippen molar-refractivity contribution in [2.24, 2.45) is 0 Å². The summed E-state index contributed by atoms with van der Waals surface area (Å²) >= 11 is 5.09. The van der Waals surface area contributed by atoms with Crippen molar-refractivity contribution in [1.29, 1.82) is 0 Å². The Labute approximate surface area is 249 Å². The summed E-state index contributed by atoms with van der Waals surface area (Å²) in [6.45, 7) is 1.30. The molecule has 2 aromatic carbocycles. The number of nitrogens with one attached hydrogen (secondary N) is 2. The molecule has 0 unspecified atom stereocenters. The molecule has 3 heterocycles. The van der Waals surface area contributed by atoms with Gasteiger partial charge in [0.25, 0.3) is 0 Å². The molecule has 0 bridgehead atoms. The van der Waals surface area contributed by atoms with Crippen molar-refractivity contribution in [3.05, 3.63) is 87.3 Å². The first-order valence-corrected chi connectivity index (χ1v) is 16.3. The number of rotatable bonds is 12. The van der Waals surface area contributed by atoms with Gasteiger partial charge in [-0.2, -0.15) is 0 Å². The molecular weight excluding hydrogens is 631 g/mol. The van der Waals surface area contributed by atoms with Crippen molar-refractivity contribution >= 4 is 59.5 Å². The molecule has 5 aromatic rings. The van der Waals surface area contributed by atoms with E-state index in [1.54, 1.807) is 12.3 Å². The van der Waals surface area contributed by atoms with Crippen LogP contribution in [-0.4, -0.2) is 53.5 Å². The van der Waals surface area contributed by atoms with Gasteiger partial charge in [0.15, 0.2) is 0 Å². The van der Waals surface area contributed by atoms with Crippen LogP contribution in [0.25, 0.3) is 22.3 Å². The smallest absolute Gasteiger partial charge is 0.148 e. The molecule has 0 aliphatic rings. The van der Waals surface area contributed by atoms with E-state index in [0.717, 1.165) is 31.8 Å². The second-order valence-corrected chi connectivity index (χ2v) is 13.3. The average molecular weight is 658 g/mol. The number of fused-ring (bicyclic) bond motifs is 1. The molecule has 2 N–H and O–H groups in total. The molecule has 5 rings (SSSR count). The Morgan fingerprint density at radius 2 is 1.93 bits per heavy atom. The standard InChI is InChI=1S/C28H26BrFN6O3S2/c1-41(37,38)10-9-31-8-7-27-36-25(16-40-27)23-13-21-24(14-32-23)33-17-34-28(21)35-20-5-6-26(22(29)12-20)39-15-18-3-2-4-19(30)11-18/h2-6,11-14,16-17,31H,7-10,15H2,1H3,(H,33,34,35). The van der Waals surface area contributed by atoms with E-state index in [0.29, 0.717) is 42.3 Å². The zero-order valence-corrected chi connectivity index (χ0v) is 25.2. The summed E-state index contributed by atoms with van der Waals surface area (Å²) in [6, 6.07) is 13.8. The van der Waals surface area contributed by atoms with Crippen LogP contribution in [0.15, 0.2) is 70.9 Å². The lowest BCUT2D eigenvalue weighted by Crippen LogP contribution is -2.24. The van der Waals surface area contributed by atoms with Crippen molar-refractivity contribution in [3.8, 4) is 17.1 Å². The van der Waals surface area contributed by atoms with Gasteiger partial charge in [-0.15, -0.1) is 11.3 Å². The minimum absolute atomic E-state index is 0.112. The summed E-state index contributed by atoms with van der Waals surface area (Å²) in [4.78, 5) is 18.1. The highest BCUT2D eigenvalue weighted by Gasteiger charge is 2.12. The molecular formula is C28H26BrFN6O3S2. The van der Waals surface area contributed by atoms with Crippen LogP contribution in [0.5, 0.6) is 5.75 Å². The molecule has 0 spiro atoms. The number of benzene rings is 2. The van der Waals surface area contributed by atoms with Crippen molar-refractivity contribution in [2.45, 2.75) is 13.0 Å². The third kappa shape index (κ3) is 8.03. The van der Waals surface area contributed by atoms with Crippen LogP contribution in [0.2, 0.25) is 0 Å². The molecule has 0 atom stereocenters. The van der Waals surface area contributed by atoms with Gasteiger partial charge in [-0.05, 0) is 57.9 Å². The van der Waals surface area contributed by atoms with Gasteiger partial charge in [0.2, 0.25) is 0 Å². The van der Waals surface area contributed by atoms with Crippen LogP contribution in [0, 0.1) is 5.82 Å². The normalized spacial score (nSPS) is 11.6. The van der Waals surface area contributed by atoms with Crippen LogP contribution in [0.3, 0.4) is 0 Å². The fourth-order valence-electron chi connectivity index (χ4n) is 3.94. The molecule has 0 aliphatic heterocycles. The van der Waals surface area contributed by atoms with Gasteiger partial charge in [-0.25, -0.2) is 27.8 Å². The number of sulfone groups is 1. The number of hydrogen-bond acceptors (Lipinski definition) is 10. The van der Waals surface area contributed by atoms with E-state index in [4.69, 9.17) is 9.72 Å². The third-order valence-corrected chi connectivity index (χ3v) is 8.45. The first-order chi connectivity index (χ1) is 19.7. The second kappa shape index (κ2) is 13.0. The van der Waals surface area contributed by atoms with Gasteiger partial charge < -0.3 is 15.4 Å². The lowest BCUT2D eigenvalue weighted by Gasteiger charge is -2.12. The van der Waals surface area contributed by atoms with Gasteiger partial charge in [0.05, 0.1) is 38.3 Å². The monoisotopic (exact) mass is 656 g/mol. The van der Waals surface area contributed by atoms with Crippen LogP contribution in [0.1, 0.15) is 10.6 Å². The molecule has 0 aliphatic carbocycles. The SMILES string of the molecule is CS(=O)(=O)CCNCCc1nc(-c2cc3c(Nc4ccc(OCc5cccc(F)c5)c(Br)c4)ncnc3cn2)cs1. The number of nitrogens with zero attached hydrogens (tertiary/aromatic N) is 4. The molecule has 3 aromatic heterocycles. The van der Waals surface area contributed by atoms with Crippen molar-refractivity contribution in [3.63, 3.8) is 0 Å². The largest absolute Gasteiger partial charge is 0.488 e. The van der Waals surface area contributed by atoms with Crippen molar-refractivity contribution < 1.29 is 17.5 Å². The maximum Gasteiger partial charge on any atom is 0.148 e. The molecule has 212 valence electrons. The summed E-state index contributed by atoms with van der Waals surface area (Å²) in [7, 11) is -2.98. The Kier molecular flexibility index (Phi) is 9.18. The van der Waals surface area contributed by atoms with Gasteiger partial charge in [-0.1, -0.05) is 12.1 Å². The summed E-state index contributed by atoms with van der Waals surface area (Å²) in [6.07, 6.45) is 5.10. The molecule has 0 radical (unpaired) electrons. The number of aromatic nitrogens is 4. The van der Waals surface area contributed by atoms with Crippen molar-refractivity contribution in [1.82, 2.24) is 25.3 Å². The fraction of sp³-hybridized carbons (Fsp3) is 0.214. The number of thiazole rings is 1. The maximum atomic E-state index is 13.5. The molecule has 0 amide bonds. The van der Waals surface area contributed by atoms with Gasteiger partial charge in [0, 0.05) is 42.2 Å². The highest BCUT2D eigenvalue weighted by atomic mass is 79.9. The zero-order chi connectivity index (χ0) is 28.8. The third-order valence-electron chi connectivity index (χ3n) is 5.98. The average Bonchev–Trinajstić information content (AvgIpc) is 3.41. The fourth-order valence-corrected chi connectivity index (χ4v) is 5.74. The number of hydrogen-bond donors (Lipinski definition) is 2. The molecule has 9 nitrogen and oxygen atoms in total.